The number of para-hydroxylation sites is 2. The topological polar surface area (TPSA) is 83.1 Å². The van der Waals surface area contributed by atoms with Crippen LogP contribution in [0.2, 0.25) is 5.02 Å². The van der Waals surface area contributed by atoms with Gasteiger partial charge in [-0.05, 0) is 49.6 Å². The van der Waals surface area contributed by atoms with Crippen molar-refractivity contribution in [2.45, 2.75) is 26.3 Å². The molecule has 2 heterocycles. The Morgan fingerprint density at radius 1 is 1.03 bits per heavy atom. The number of halogens is 1. The molecule has 172 valence electrons. The first-order valence-electron chi connectivity index (χ1n) is 11.0. The lowest BCUT2D eigenvalue weighted by Gasteiger charge is -2.21. The molecular weight excluding hydrogens is 440 g/mol. The zero-order valence-electron chi connectivity index (χ0n) is 18.7. The first-order valence-corrected chi connectivity index (χ1v) is 11.4. The fourth-order valence-corrected chi connectivity index (χ4v) is 4.25. The second-order valence-electron chi connectivity index (χ2n) is 7.86. The van der Waals surface area contributed by atoms with Gasteiger partial charge in [-0.2, -0.15) is 0 Å². The average Bonchev–Trinajstić information content (AvgIpc) is 3.14. The minimum absolute atomic E-state index is 0.206. The maximum absolute atomic E-state index is 13.6. The molecule has 2 aromatic heterocycles. The van der Waals surface area contributed by atoms with Crippen LogP contribution in [0.15, 0.2) is 64.2 Å². The van der Waals surface area contributed by atoms with Gasteiger partial charge in [0.05, 0.1) is 16.1 Å². The molecule has 33 heavy (non-hydrogen) atoms. The Balaban J connectivity index is 1.87. The smallest absolute Gasteiger partial charge is 0.281 e. The third-order valence-corrected chi connectivity index (χ3v) is 5.99. The molecule has 0 spiro atoms. The minimum atomic E-state index is -0.253. The number of hydrogen-bond acceptors (Lipinski definition) is 4. The molecule has 2 aromatic carbocycles. The van der Waals surface area contributed by atoms with Gasteiger partial charge < -0.3 is 14.6 Å². The second-order valence-corrected chi connectivity index (χ2v) is 8.26. The monoisotopic (exact) mass is 466 g/mol. The van der Waals surface area contributed by atoms with E-state index in [1.54, 1.807) is 18.2 Å². The van der Waals surface area contributed by atoms with Gasteiger partial charge in [-0.3, -0.25) is 14.7 Å². The van der Waals surface area contributed by atoms with Gasteiger partial charge in [0.2, 0.25) is 0 Å². The molecule has 4 rings (SSSR count). The summed E-state index contributed by atoms with van der Waals surface area (Å²) in [5, 5.41) is 3.94. The van der Waals surface area contributed by atoms with E-state index < -0.39 is 0 Å². The Kier molecular flexibility index (Phi) is 7.01. The predicted molar refractivity (Wildman–Crippen MR) is 133 cm³/mol. The van der Waals surface area contributed by atoms with E-state index >= 15 is 0 Å². The molecule has 0 saturated heterocycles. The third-order valence-electron chi connectivity index (χ3n) is 5.67. The molecular formula is C25H27ClN4O3. The van der Waals surface area contributed by atoms with Crippen molar-refractivity contribution in [3.63, 3.8) is 0 Å². The van der Waals surface area contributed by atoms with Crippen molar-refractivity contribution in [1.29, 1.82) is 0 Å². The molecule has 0 aliphatic heterocycles. The highest BCUT2D eigenvalue weighted by Gasteiger charge is 2.21. The van der Waals surface area contributed by atoms with Crippen LogP contribution in [-0.2, 0) is 17.7 Å². The maximum Gasteiger partial charge on any atom is 0.281 e. The highest BCUT2D eigenvalue weighted by atomic mass is 35.5. The van der Waals surface area contributed by atoms with E-state index in [0.717, 1.165) is 5.69 Å². The normalized spacial score (nSPS) is 11.2. The number of pyridine rings is 1. The molecule has 0 bridgehead atoms. The molecule has 0 fully saturated rings. The summed E-state index contributed by atoms with van der Waals surface area (Å²) in [6, 6.07) is 17.0. The Labute approximate surface area is 196 Å². The SMILES string of the molecule is CCOCCCc1c(CN(C)c2ccccc2)c2c(=O)n(-c3ccccc3Cl)[nH]c2[nH]c1=O. The number of nitrogens with zero attached hydrogens (tertiary/aromatic N) is 2. The van der Waals surface area contributed by atoms with Crippen LogP contribution in [0.1, 0.15) is 24.5 Å². The van der Waals surface area contributed by atoms with Crippen LogP contribution in [0.25, 0.3) is 16.7 Å². The van der Waals surface area contributed by atoms with Gasteiger partial charge in [-0.25, -0.2) is 4.68 Å². The first kappa shape index (κ1) is 22.9. The van der Waals surface area contributed by atoms with Gasteiger partial charge in [0.25, 0.3) is 11.1 Å². The summed E-state index contributed by atoms with van der Waals surface area (Å²) in [6.45, 7) is 3.53. The molecule has 0 atom stereocenters. The molecule has 2 N–H and O–H groups in total. The average molecular weight is 467 g/mol. The van der Waals surface area contributed by atoms with Crippen molar-refractivity contribution in [2.24, 2.45) is 0 Å². The van der Waals surface area contributed by atoms with Gasteiger partial charge in [0.15, 0.2) is 0 Å². The fraction of sp³-hybridized carbons (Fsp3) is 0.280. The third kappa shape index (κ3) is 4.74. The molecule has 0 radical (unpaired) electrons. The molecule has 7 nitrogen and oxygen atoms in total. The second kappa shape index (κ2) is 10.1. The number of aromatic nitrogens is 3. The standard InChI is InChI=1S/C25H27ClN4O3/c1-3-33-15-9-12-18-19(16-29(2)17-10-5-4-6-11-17)22-23(27-24(18)31)28-30(25(22)32)21-14-8-7-13-20(21)26/h4-8,10-11,13-14H,3,9,12,15-16H2,1-2H3,(H2,27,28,31). The van der Waals surface area contributed by atoms with Gasteiger partial charge in [0, 0.05) is 38.1 Å². The van der Waals surface area contributed by atoms with E-state index in [1.165, 1.54) is 4.68 Å². The number of rotatable bonds is 9. The van der Waals surface area contributed by atoms with Crippen LogP contribution < -0.4 is 16.0 Å². The maximum atomic E-state index is 13.6. The van der Waals surface area contributed by atoms with Gasteiger partial charge >= 0.3 is 0 Å². The van der Waals surface area contributed by atoms with E-state index in [1.807, 2.05) is 55.3 Å². The van der Waals surface area contributed by atoms with Crippen LogP contribution in [-0.4, -0.2) is 35.0 Å². The van der Waals surface area contributed by atoms with Gasteiger partial charge in [-0.1, -0.05) is 41.9 Å². The first-order chi connectivity index (χ1) is 16.0. The van der Waals surface area contributed by atoms with Crippen molar-refractivity contribution >= 4 is 28.3 Å². The van der Waals surface area contributed by atoms with E-state index in [-0.39, 0.29) is 11.1 Å². The summed E-state index contributed by atoms with van der Waals surface area (Å²) in [4.78, 5) is 31.6. The molecule has 0 aliphatic carbocycles. The molecule has 0 saturated carbocycles. The van der Waals surface area contributed by atoms with E-state index in [0.29, 0.717) is 65.5 Å². The van der Waals surface area contributed by atoms with Gasteiger partial charge in [0.1, 0.15) is 5.65 Å². The van der Waals surface area contributed by atoms with Crippen molar-refractivity contribution < 1.29 is 4.74 Å². The van der Waals surface area contributed by atoms with Crippen molar-refractivity contribution in [2.75, 3.05) is 25.2 Å². The fourth-order valence-electron chi connectivity index (χ4n) is 4.03. The van der Waals surface area contributed by atoms with Crippen molar-refractivity contribution in [1.82, 2.24) is 14.8 Å². The Morgan fingerprint density at radius 3 is 2.48 bits per heavy atom. The zero-order chi connectivity index (χ0) is 23.4. The number of nitrogens with one attached hydrogen (secondary N) is 2. The summed E-state index contributed by atoms with van der Waals surface area (Å²) < 4.78 is 6.85. The lowest BCUT2D eigenvalue weighted by molar-refractivity contribution is 0.145. The number of anilines is 1. The number of H-pyrrole nitrogens is 2. The Hall–Kier alpha value is -3.29. The van der Waals surface area contributed by atoms with Crippen LogP contribution in [0.4, 0.5) is 5.69 Å². The summed E-state index contributed by atoms with van der Waals surface area (Å²) >= 11 is 6.35. The van der Waals surface area contributed by atoms with Gasteiger partial charge in [-0.15, -0.1) is 0 Å². The predicted octanol–water partition coefficient (Wildman–Crippen LogP) is 4.27. The molecule has 4 aromatic rings. The largest absolute Gasteiger partial charge is 0.382 e. The Bertz CT molecular complexity index is 1360. The highest BCUT2D eigenvalue weighted by Crippen LogP contribution is 2.23. The van der Waals surface area contributed by atoms with Crippen molar-refractivity contribution in [3.8, 4) is 5.69 Å². The summed E-state index contributed by atoms with van der Waals surface area (Å²) in [5.74, 6) is 0. The van der Waals surface area contributed by atoms with E-state index in [9.17, 15) is 9.59 Å². The molecule has 8 heteroatoms. The molecule has 0 unspecified atom stereocenters. The molecule has 0 amide bonds. The lowest BCUT2D eigenvalue weighted by Crippen LogP contribution is -2.25. The van der Waals surface area contributed by atoms with Crippen LogP contribution in [0.3, 0.4) is 0 Å². The Morgan fingerprint density at radius 2 is 1.76 bits per heavy atom. The highest BCUT2D eigenvalue weighted by molar-refractivity contribution is 6.32. The number of aromatic amines is 2. The number of fused-ring (bicyclic) bond motifs is 1. The van der Waals surface area contributed by atoms with Crippen molar-refractivity contribution in [3.05, 3.63) is 91.5 Å². The number of hydrogen-bond donors (Lipinski definition) is 2. The van der Waals surface area contributed by atoms with E-state index in [4.69, 9.17) is 16.3 Å². The van der Waals surface area contributed by atoms with E-state index in [2.05, 4.69) is 10.1 Å². The van der Waals surface area contributed by atoms with Crippen LogP contribution in [0.5, 0.6) is 0 Å². The quantitative estimate of drug-likeness (QED) is 0.361. The summed E-state index contributed by atoms with van der Waals surface area (Å²) in [7, 11) is 1.95. The lowest BCUT2D eigenvalue weighted by atomic mass is 10.0. The van der Waals surface area contributed by atoms with Crippen LogP contribution in [0, 0.1) is 0 Å². The van der Waals surface area contributed by atoms with Crippen LogP contribution >= 0.6 is 11.6 Å². The minimum Gasteiger partial charge on any atom is -0.382 e. The zero-order valence-corrected chi connectivity index (χ0v) is 19.5. The molecule has 0 aliphatic rings. The number of benzene rings is 2. The summed E-state index contributed by atoms with van der Waals surface area (Å²) in [6.07, 6.45) is 1.20. The number of ether oxygens (including phenoxy) is 1. The summed E-state index contributed by atoms with van der Waals surface area (Å²) in [5.41, 5.74) is 2.76.